The molecule has 3 N–H and O–H groups in total. The predicted octanol–water partition coefficient (Wildman–Crippen LogP) is 4.00. The number of hydrogen-bond acceptors (Lipinski definition) is 5. The van der Waals surface area contributed by atoms with Gasteiger partial charge in [0.25, 0.3) is 0 Å². The number of aliphatic hydroxyl groups is 3. The number of rotatable bonds is 17. The van der Waals surface area contributed by atoms with Gasteiger partial charge in [0.05, 0.1) is 12.7 Å². The summed E-state index contributed by atoms with van der Waals surface area (Å²) in [6.45, 7) is 1.56. The second kappa shape index (κ2) is 20.1. The van der Waals surface area contributed by atoms with E-state index in [1.807, 2.05) is 24.3 Å². The topological polar surface area (TPSA) is 87.0 Å². The molecular weight excluding hydrogens is 356 g/mol. The van der Waals surface area contributed by atoms with Crippen LogP contribution in [0.4, 0.5) is 0 Å². The fraction of sp³-hybridized carbons (Fsp3) is 0.609. The third-order valence-electron chi connectivity index (χ3n) is 4.10. The molecule has 0 aliphatic rings. The number of aliphatic hydroxyl groups excluding tert-OH is 3. The number of allylic oxidation sites excluding steroid dienone is 6. The molecule has 0 aromatic carbocycles. The number of carbonyl (C=O) groups excluding carboxylic acids is 1. The Bertz CT molecular complexity index is 479. The molecule has 5 heteroatoms. The third-order valence-corrected chi connectivity index (χ3v) is 4.10. The Morgan fingerprint density at radius 3 is 2.14 bits per heavy atom. The van der Waals surface area contributed by atoms with Crippen LogP contribution in [-0.4, -0.2) is 46.7 Å². The summed E-state index contributed by atoms with van der Waals surface area (Å²) in [5.41, 5.74) is 0. The zero-order valence-corrected chi connectivity index (χ0v) is 17.2. The highest BCUT2D eigenvalue weighted by atomic mass is 16.5. The lowest BCUT2D eigenvalue weighted by atomic mass is 10.0. The standard InChI is InChI=1S/C23H38O5/c1-2-3-4-5-7-10-13-16-21(25)17-14-11-8-6-9-12-15-18-23(27)28-20-22(26)19-24/h6,8-9,11-12,14-15,18,21-22,24-26H,2-5,7,10,13,16-17,19-20H2,1H3. The largest absolute Gasteiger partial charge is 0.460 e. The third kappa shape index (κ3) is 19.1. The molecule has 160 valence electrons. The molecule has 0 spiro atoms. The summed E-state index contributed by atoms with van der Waals surface area (Å²) in [4.78, 5) is 11.3. The van der Waals surface area contributed by atoms with Crippen LogP contribution in [-0.2, 0) is 9.53 Å². The van der Waals surface area contributed by atoms with Gasteiger partial charge in [0.1, 0.15) is 12.7 Å². The van der Waals surface area contributed by atoms with Gasteiger partial charge in [0.15, 0.2) is 0 Å². The molecule has 0 saturated carbocycles. The van der Waals surface area contributed by atoms with Crippen molar-refractivity contribution in [3.8, 4) is 0 Å². The van der Waals surface area contributed by atoms with Gasteiger partial charge in [-0.3, -0.25) is 0 Å². The van der Waals surface area contributed by atoms with Crippen molar-refractivity contribution in [3.05, 3.63) is 48.6 Å². The molecule has 0 fully saturated rings. The molecule has 5 nitrogen and oxygen atoms in total. The van der Waals surface area contributed by atoms with Crippen LogP contribution in [0, 0.1) is 0 Å². The smallest absolute Gasteiger partial charge is 0.330 e. The van der Waals surface area contributed by atoms with E-state index in [0.29, 0.717) is 6.42 Å². The highest BCUT2D eigenvalue weighted by Crippen LogP contribution is 2.11. The van der Waals surface area contributed by atoms with Crippen molar-refractivity contribution in [2.24, 2.45) is 0 Å². The first kappa shape index (κ1) is 26.3. The van der Waals surface area contributed by atoms with E-state index in [-0.39, 0.29) is 12.7 Å². The summed E-state index contributed by atoms with van der Waals surface area (Å²) in [7, 11) is 0. The normalized spacial score (nSPS) is 14.6. The van der Waals surface area contributed by atoms with Crippen LogP contribution >= 0.6 is 0 Å². The average molecular weight is 395 g/mol. The van der Waals surface area contributed by atoms with Crippen molar-refractivity contribution >= 4 is 5.97 Å². The summed E-state index contributed by atoms with van der Waals surface area (Å²) < 4.78 is 4.71. The molecule has 0 aliphatic carbocycles. The van der Waals surface area contributed by atoms with Crippen molar-refractivity contribution in [2.75, 3.05) is 13.2 Å². The van der Waals surface area contributed by atoms with Crippen molar-refractivity contribution in [1.29, 1.82) is 0 Å². The number of esters is 1. The molecule has 0 saturated heterocycles. The summed E-state index contributed by atoms with van der Waals surface area (Å²) in [5.74, 6) is -0.573. The molecule has 0 rings (SSSR count). The molecule has 0 radical (unpaired) electrons. The molecule has 0 bridgehead atoms. The molecule has 0 aromatic heterocycles. The van der Waals surface area contributed by atoms with Gasteiger partial charge in [0, 0.05) is 6.08 Å². The summed E-state index contributed by atoms with van der Waals surface area (Å²) in [6.07, 6.45) is 22.8. The molecule has 0 aromatic rings. The van der Waals surface area contributed by atoms with E-state index >= 15 is 0 Å². The van der Waals surface area contributed by atoms with Gasteiger partial charge in [-0.25, -0.2) is 4.79 Å². The van der Waals surface area contributed by atoms with Gasteiger partial charge in [-0.15, -0.1) is 0 Å². The average Bonchev–Trinajstić information content (AvgIpc) is 2.69. The van der Waals surface area contributed by atoms with Crippen LogP contribution in [0.2, 0.25) is 0 Å². The molecule has 0 aliphatic heterocycles. The molecule has 2 atom stereocenters. The van der Waals surface area contributed by atoms with E-state index in [2.05, 4.69) is 6.92 Å². The van der Waals surface area contributed by atoms with Crippen LogP contribution in [0.15, 0.2) is 48.6 Å². The van der Waals surface area contributed by atoms with Crippen molar-refractivity contribution < 1.29 is 24.9 Å². The second-order valence-electron chi connectivity index (χ2n) is 6.82. The second-order valence-corrected chi connectivity index (χ2v) is 6.82. The lowest BCUT2D eigenvalue weighted by molar-refractivity contribution is -0.141. The highest BCUT2D eigenvalue weighted by Gasteiger charge is 2.04. The van der Waals surface area contributed by atoms with E-state index < -0.39 is 18.7 Å². The van der Waals surface area contributed by atoms with Crippen LogP contribution in [0.1, 0.15) is 64.7 Å². The summed E-state index contributed by atoms with van der Waals surface area (Å²) in [6, 6.07) is 0. The summed E-state index contributed by atoms with van der Waals surface area (Å²) >= 11 is 0. The first-order valence-corrected chi connectivity index (χ1v) is 10.4. The van der Waals surface area contributed by atoms with E-state index in [9.17, 15) is 9.90 Å². The maximum absolute atomic E-state index is 11.3. The van der Waals surface area contributed by atoms with Gasteiger partial charge >= 0.3 is 5.97 Å². The number of carbonyl (C=O) groups is 1. The quantitative estimate of drug-likeness (QED) is 0.150. The molecule has 0 heterocycles. The lowest BCUT2D eigenvalue weighted by Crippen LogP contribution is -2.21. The van der Waals surface area contributed by atoms with Crippen LogP contribution in [0.3, 0.4) is 0 Å². The maximum Gasteiger partial charge on any atom is 0.330 e. The predicted molar refractivity (Wildman–Crippen MR) is 114 cm³/mol. The molecular formula is C23H38O5. The Morgan fingerprint density at radius 2 is 1.46 bits per heavy atom. The Morgan fingerprint density at radius 1 is 0.857 bits per heavy atom. The van der Waals surface area contributed by atoms with Gasteiger partial charge in [-0.05, 0) is 12.8 Å². The number of ether oxygens (including phenoxy) is 1. The van der Waals surface area contributed by atoms with Gasteiger partial charge in [-0.2, -0.15) is 0 Å². The Balaban J connectivity index is 3.72. The lowest BCUT2D eigenvalue weighted by Gasteiger charge is -2.07. The van der Waals surface area contributed by atoms with E-state index in [1.54, 1.807) is 12.2 Å². The first-order valence-electron chi connectivity index (χ1n) is 10.4. The molecule has 28 heavy (non-hydrogen) atoms. The van der Waals surface area contributed by atoms with Crippen molar-refractivity contribution in [3.63, 3.8) is 0 Å². The van der Waals surface area contributed by atoms with E-state index in [1.165, 1.54) is 50.7 Å². The fourth-order valence-corrected chi connectivity index (χ4v) is 2.44. The monoisotopic (exact) mass is 394 g/mol. The van der Waals surface area contributed by atoms with Crippen LogP contribution in [0.5, 0.6) is 0 Å². The Hall–Kier alpha value is -1.69. The Labute approximate surface area is 170 Å². The number of hydrogen-bond donors (Lipinski definition) is 3. The Kier molecular flexibility index (Phi) is 18.8. The minimum atomic E-state index is -1.04. The van der Waals surface area contributed by atoms with Gasteiger partial charge in [0.2, 0.25) is 0 Å². The first-order chi connectivity index (χ1) is 13.6. The number of unbranched alkanes of at least 4 members (excludes halogenated alkanes) is 6. The van der Waals surface area contributed by atoms with E-state index in [0.717, 1.165) is 12.8 Å². The maximum atomic E-state index is 11.3. The fourth-order valence-electron chi connectivity index (χ4n) is 2.44. The minimum absolute atomic E-state index is 0.223. The summed E-state index contributed by atoms with van der Waals surface area (Å²) in [5, 5.41) is 27.6. The zero-order valence-electron chi connectivity index (χ0n) is 17.2. The van der Waals surface area contributed by atoms with Crippen molar-refractivity contribution in [2.45, 2.75) is 76.9 Å². The van der Waals surface area contributed by atoms with Gasteiger partial charge < -0.3 is 20.1 Å². The van der Waals surface area contributed by atoms with E-state index in [4.69, 9.17) is 14.9 Å². The molecule has 0 amide bonds. The SMILES string of the molecule is CCCCCCCCCC(O)CC=CC=CC=CC=CC(=O)OCC(O)CO. The van der Waals surface area contributed by atoms with Crippen molar-refractivity contribution in [1.82, 2.24) is 0 Å². The van der Waals surface area contributed by atoms with Crippen LogP contribution in [0.25, 0.3) is 0 Å². The van der Waals surface area contributed by atoms with Gasteiger partial charge in [-0.1, -0.05) is 94.4 Å². The zero-order chi connectivity index (χ0) is 20.9. The highest BCUT2D eigenvalue weighted by molar-refractivity contribution is 5.82. The molecule has 2 unspecified atom stereocenters. The van der Waals surface area contributed by atoms with Crippen LogP contribution < -0.4 is 0 Å². The minimum Gasteiger partial charge on any atom is -0.460 e.